The maximum Gasteiger partial charge on any atom is 0.317 e. The highest BCUT2D eigenvalue weighted by atomic mass is 16.2. The number of hydrogen-bond donors (Lipinski definition) is 2. The Morgan fingerprint density at radius 2 is 1.40 bits per heavy atom. The summed E-state index contributed by atoms with van der Waals surface area (Å²) in [5, 5.41) is 5.60. The van der Waals surface area contributed by atoms with E-state index in [0.717, 1.165) is 5.56 Å². The molecule has 1 heterocycles. The van der Waals surface area contributed by atoms with Gasteiger partial charge in [0.15, 0.2) is 0 Å². The van der Waals surface area contributed by atoms with Gasteiger partial charge in [0.2, 0.25) is 5.91 Å². The lowest BCUT2D eigenvalue weighted by molar-refractivity contribution is -0.131. The number of carbonyl (C=O) groups is 3. The number of benzene rings is 2. The SMILES string of the molecule is Cc1ccc(CC(=O)N2CCN(C(=O)NCCNC(=O)c3ccccc3)CC2)cc1. The van der Waals surface area contributed by atoms with E-state index in [0.29, 0.717) is 51.3 Å². The van der Waals surface area contributed by atoms with Crippen LogP contribution < -0.4 is 10.6 Å². The van der Waals surface area contributed by atoms with Crippen molar-refractivity contribution in [1.82, 2.24) is 20.4 Å². The fraction of sp³-hybridized carbons (Fsp3) is 0.348. The van der Waals surface area contributed by atoms with Gasteiger partial charge in [-0.05, 0) is 24.6 Å². The average Bonchev–Trinajstić information content (AvgIpc) is 2.78. The molecule has 3 rings (SSSR count). The fourth-order valence-corrected chi connectivity index (χ4v) is 3.30. The first kappa shape index (κ1) is 21.4. The number of carbonyl (C=O) groups excluding carboxylic acids is 3. The van der Waals surface area contributed by atoms with Crippen molar-refractivity contribution in [3.8, 4) is 0 Å². The van der Waals surface area contributed by atoms with E-state index in [2.05, 4.69) is 10.6 Å². The summed E-state index contributed by atoms with van der Waals surface area (Å²) in [6, 6.07) is 16.8. The predicted octanol–water partition coefficient (Wildman–Crippen LogP) is 1.82. The highest BCUT2D eigenvalue weighted by Gasteiger charge is 2.23. The Labute approximate surface area is 177 Å². The minimum absolute atomic E-state index is 0.0857. The minimum atomic E-state index is -0.172. The maximum atomic E-state index is 12.5. The van der Waals surface area contributed by atoms with Gasteiger partial charge in [-0.1, -0.05) is 48.0 Å². The molecule has 7 nitrogen and oxygen atoms in total. The summed E-state index contributed by atoms with van der Waals surface area (Å²) in [7, 11) is 0. The standard InChI is InChI=1S/C23H28N4O3/c1-18-7-9-19(10-8-18)17-21(28)26-13-15-27(16-14-26)23(30)25-12-11-24-22(29)20-5-3-2-4-6-20/h2-10H,11-17H2,1H3,(H,24,29)(H,25,30). The second-order valence-corrected chi connectivity index (χ2v) is 7.38. The molecule has 0 spiro atoms. The molecule has 158 valence electrons. The van der Waals surface area contributed by atoms with Gasteiger partial charge in [-0.3, -0.25) is 9.59 Å². The summed E-state index contributed by atoms with van der Waals surface area (Å²) in [6.45, 7) is 4.79. The zero-order chi connectivity index (χ0) is 21.3. The summed E-state index contributed by atoms with van der Waals surface area (Å²) >= 11 is 0. The molecule has 4 amide bonds. The van der Waals surface area contributed by atoms with Crippen LogP contribution in [0.4, 0.5) is 4.79 Å². The largest absolute Gasteiger partial charge is 0.350 e. The molecule has 1 fully saturated rings. The second kappa shape index (κ2) is 10.4. The van der Waals surface area contributed by atoms with E-state index in [-0.39, 0.29) is 17.8 Å². The molecular formula is C23H28N4O3. The van der Waals surface area contributed by atoms with Gasteiger partial charge in [0.05, 0.1) is 6.42 Å². The Morgan fingerprint density at radius 1 is 0.800 bits per heavy atom. The summed E-state index contributed by atoms with van der Waals surface area (Å²) in [6.07, 6.45) is 0.383. The topological polar surface area (TPSA) is 81.8 Å². The molecule has 0 aliphatic carbocycles. The molecule has 1 aliphatic heterocycles. The van der Waals surface area contributed by atoms with Crippen LogP contribution in [-0.2, 0) is 11.2 Å². The van der Waals surface area contributed by atoms with E-state index in [1.54, 1.807) is 17.0 Å². The van der Waals surface area contributed by atoms with Gasteiger partial charge in [0, 0.05) is 44.8 Å². The summed E-state index contributed by atoms with van der Waals surface area (Å²) < 4.78 is 0. The third-order valence-electron chi connectivity index (χ3n) is 5.12. The van der Waals surface area contributed by atoms with Gasteiger partial charge in [-0.2, -0.15) is 0 Å². The molecular weight excluding hydrogens is 380 g/mol. The van der Waals surface area contributed by atoms with Crippen molar-refractivity contribution in [1.29, 1.82) is 0 Å². The predicted molar refractivity (Wildman–Crippen MR) is 115 cm³/mol. The van der Waals surface area contributed by atoms with Crippen molar-refractivity contribution in [2.75, 3.05) is 39.3 Å². The molecule has 30 heavy (non-hydrogen) atoms. The number of amides is 4. The van der Waals surface area contributed by atoms with Crippen LogP contribution in [0.1, 0.15) is 21.5 Å². The van der Waals surface area contributed by atoms with Gasteiger partial charge in [-0.25, -0.2) is 4.79 Å². The number of nitrogens with one attached hydrogen (secondary N) is 2. The molecule has 0 atom stereocenters. The van der Waals surface area contributed by atoms with Crippen molar-refractivity contribution in [2.45, 2.75) is 13.3 Å². The van der Waals surface area contributed by atoms with Gasteiger partial charge in [0.25, 0.3) is 5.91 Å². The van der Waals surface area contributed by atoms with Crippen LogP contribution in [0.3, 0.4) is 0 Å². The fourth-order valence-electron chi connectivity index (χ4n) is 3.30. The minimum Gasteiger partial charge on any atom is -0.350 e. The Bertz CT molecular complexity index is 860. The molecule has 1 aliphatic rings. The first-order chi connectivity index (χ1) is 14.5. The van der Waals surface area contributed by atoms with Crippen LogP contribution in [-0.4, -0.2) is 66.9 Å². The lowest BCUT2D eigenvalue weighted by atomic mass is 10.1. The summed E-state index contributed by atoms with van der Waals surface area (Å²) in [4.78, 5) is 40.3. The third-order valence-corrected chi connectivity index (χ3v) is 5.12. The molecule has 0 unspecified atom stereocenters. The first-order valence-corrected chi connectivity index (χ1v) is 10.2. The Kier molecular flexibility index (Phi) is 7.43. The van der Waals surface area contributed by atoms with E-state index >= 15 is 0 Å². The molecule has 2 N–H and O–H groups in total. The Morgan fingerprint density at radius 3 is 2.07 bits per heavy atom. The molecule has 0 aromatic heterocycles. The van der Waals surface area contributed by atoms with Crippen LogP contribution >= 0.6 is 0 Å². The molecule has 0 saturated carbocycles. The van der Waals surface area contributed by atoms with Gasteiger partial charge >= 0.3 is 6.03 Å². The Balaban J connectivity index is 1.34. The molecule has 1 saturated heterocycles. The smallest absolute Gasteiger partial charge is 0.317 e. The summed E-state index contributed by atoms with van der Waals surface area (Å²) in [5.74, 6) is -0.0758. The lowest BCUT2D eigenvalue weighted by Crippen LogP contribution is -2.54. The van der Waals surface area contributed by atoms with Crippen LogP contribution in [0.2, 0.25) is 0 Å². The van der Waals surface area contributed by atoms with E-state index in [1.807, 2.05) is 54.3 Å². The van der Waals surface area contributed by atoms with Gasteiger partial charge < -0.3 is 20.4 Å². The molecule has 2 aromatic carbocycles. The summed E-state index contributed by atoms with van der Waals surface area (Å²) in [5.41, 5.74) is 2.77. The Hall–Kier alpha value is -3.35. The zero-order valence-corrected chi connectivity index (χ0v) is 17.3. The zero-order valence-electron chi connectivity index (χ0n) is 17.3. The molecule has 0 radical (unpaired) electrons. The van der Waals surface area contributed by atoms with Gasteiger partial charge in [0.1, 0.15) is 0 Å². The normalized spacial score (nSPS) is 13.6. The highest BCUT2D eigenvalue weighted by molar-refractivity contribution is 5.94. The monoisotopic (exact) mass is 408 g/mol. The van der Waals surface area contributed by atoms with Crippen LogP contribution in [0.25, 0.3) is 0 Å². The molecule has 7 heteroatoms. The highest BCUT2D eigenvalue weighted by Crippen LogP contribution is 2.08. The van der Waals surface area contributed by atoms with Crippen molar-refractivity contribution >= 4 is 17.8 Å². The molecule has 0 bridgehead atoms. The quantitative estimate of drug-likeness (QED) is 0.716. The third kappa shape index (κ3) is 6.07. The number of nitrogens with zero attached hydrogens (tertiary/aromatic N) is 2. The van der Waals surface area contributed by atoms with Crippen LogP contribution in [0.5, 0.6) is 0 Å². The second-order valence-electron chi connectivity index (χ2n) is 7.38. The maximum absolute atomic E-state index is 12.5. The van der Waals surface area contributed by atoms with Gasteiger partial charge in [-0.15, -0.1) is 0 Å². The van der Waals surface area contributed by atoms with Crippen molar-refractivity contribution < 1.29 is 14.4 Å². The van der Waals surface area contributed by atoms with E-state index in [4.69, 9.17) is 0 Å². The van der Waals surface area contributed by atoms with E-state index in [1.165, 1.54) is 5.56 Å². The average molecular weight is 409 g/mol. The number of aryl methyl sites for hydroxylation is 1. The van der Waals surface area contributed by atoms with Crippen molar-refractivity contribution in [3.05, 3.63) is 71.3 Å². The van der Waals surface area contributed by atoms with Crippen molar-refractivity contribution in [2.24, 2.45) is 0 Å². The van der Waals surface area contributed by atoms with E-state index in [9.17, 15) is 14.4 Å². The molecule has 2 aromatic rings. The van der Waals surface area contributed by atoms with Crippen LogP contribution in [0, 0.1) is 6.92 Å². The van der Waals surface area contributed by atoms with Crippen molar-refractivity contribution in [3.63, 3.8) is 0 Å². The number of urea groups is 1. The van der Waals surface area contributed by atoms with Crippen LogP contribution in [0.15, 0.2) is 54.6 Å². The first-order valence-electron chi connectivity index (χ1n) is 10.2. The number of hydrogen-bond acceptors (Lipinski definition) is 3. The number of rotatable bonds is 6. The lowest BCUT2D eigenvalue weighted by Gasteiger charge is -2.34. The van der Waals surface area contributed by atoms with E-state index < -0.39 is 0 Å². The number of piperazine rings is 1.